The Kier molecular flexibility index (Phi) is 7.67. The summed E-state index contributed by atoms with van der Waals surface area (Å²) >= 11 is 1.21. The van der Waals surface area contributed by atoms with Crippen molar-refractivity contribution in [3.63, 3.8) is 0 Å². The highest BCUT2D eigenvalue weighted by atomic mass is 32.2. The van der Waals surface area contributed by atoms with Crippen molar-refractivity contribution in [2.75, 3.05) is 6.61 Å². The monoisotopic (exact) mass is 489 g/mol. The number of rotatable bonds is 7. The highest BCUT2D eigenvalue weighted by molar-refractivity contribution is 8.18. The molecular formula is C28H24FNO4S. The van der Waals surface area contributed by atoms with Gasteiger partial charge in [0.25, 0.3) is 0 Å². The Bertz CT molecular complexity index is 1310. The van der Waals surface area contributed by atoms with Crippen LogP contribution in [0.5, 0.6) is 5.75 Å². The first-order valence-electron chi connectivity index (χ1n) is 11.1. The van der Waals surface area contributed by atoms with Gasteiger partial charge in [-0.2, -0.15) is 0 Å². The van der Waals surface area contributed by atoms with E-state index < -0.39 is 5.97 Å². The van der Waals surface area contributed by atoms with E-state index in [2.05, 4.69) is 4.99 Å². The smallest absolute Gasteiger partial charge is 0.344 e. The molecule has 178 valence electrons. The van der Waals surface area contributed by atoms with Crippen molar-refractivity contribution in [3.05, 3.63) is 112 Å². The van der Waals surface area contributed by atoms with Gasteiger partial charge >= 0.3 is 5.97 Å². The molecule has 35 heavy (non-hydrogen) atoms. The van der Waals surface area contributed by atoms with Crippen LogP contribution in [0.3, 0.4) is 0 Å². The Hall–Kier alpha value is -3.84. The summed E-state index contributed by atoms with van der Waals surface area (Å²) in [5.41, 5.74) is 3.37. The van der Waals surface area contributed by atoms with E-state index in [1.54, 1.807) is 37.3 Å². The van der Waals surface area contributed by atoms with Gasteiger partial charge in [0.15, 0.2) is 0 Å². The van der Waals surface area contributed by atoms with Crippen LogP contribution in [0.15, 0.2) is 94.0 Å². The molecule has 3 aromatic carbocycles. The lowest BCUT2D eigenvalue weighted by Gasteiger charge is -2.07. The van der Waals surface area contributed by atoms with Crippen LogP contribution in [0.4, 0.5) is 10.1 Å². The van der Waals surface area contributed by atoms with E-state index in [-0.39, 0.29) is 30.4 Å². The number of benzene rings is 3. The lowest BCUT2D eigenvalue weighted by atomic mass is 10.1. The number of hydrogen-bond acceptors (Lipinski definition) is 6. The molecule has 0 spiro atoms. The maximum Gasteiger partial charge on any atom is 0.344 e. The largest absolute Gasteiger partial charge is 0.506 e. The first-order valence-corrected chi connectivity index (χ1v) is 11.9. The van der Waals surface area contributed by atoms with Crippen molar-refractivity contribution >= 4 is 34.5 Å². The quantitative estimate of drug-likeness (QED) is 0.365. The molecule has 0 bridgehead atoms. The van der Waals surface area contributed by atoms with Gasteiger partial charge in [-0.05, 0) is 67.4 Å². The molecule has 0 fully saturated rings. The molecule has 0 unspecified atom stereocenters. The van der Waals surface area contributed by atoms with Crippen LogP contribution in [0.25, 0.3) is 6.08 Å². The van der Waals surface area contributed by atoms with Crippen molar-refractivity contribution in [1.82, 2.24) is 0 Å². The van der Waals surface area contributed by atoms with Crippen LogP contribution in [-0.4, -0.2) is 22.7 Å². The van der Waals surface area contributed by atoms with Gasteiger partial charge in [-0.1, -0.05) is 53.7 Å². The molecule has 1 aliphatic rings. The van der Waals surface area contributed by atoms with E-state index in [0.29, 0.717) is 21.4 Å². The van der Waals surface area contributed by atoms with Crippen LogP contribution >= 0.6 is 11.8 Å². The molecule has 3 aromatic rings. The molecular weight excluding hydrogens is 465 g/mol. The first kappa shape index (κ1) is 24.3. The molecule has 1 heterocycles. The molecule has 0 amide bonds. The SMILES string of the molecule is CCOC(=O)C1=C(O)/C(=C/c2ccc(OCc3cccc(F)c3)cc2)SC1=Nc1ccc(C)cc1. The number of aliphatic imine (C=N–C) groups is 1. The number of thioether (sulfide) groups is 1. The highest BCUT2D eigenvalue weighted by Crippen LogP contribution is 2.40. The average molecular weight is 490 g/mol. The zero-order valence-corrected chi connectivity index (χ0v) is 20.1. The van der Waals surface area contributed by atoms with Crippen LogP contribution < -0.4 is 4.74 Å². The van der Waals surface area contributed by atoms with Gasteiger partial charge in [0.2, 0.25) is 0 Å². The molecule has 0 aromatic heterocycles. The minimum atomic E-state index is -0.618. The summed E-state index contributed by atoms with van der Waals surface area (Å²) in [7, 11) is 0. The molecule has 0 saturated heterocycles. The summed E-state index contributed by atoms with van der Waals surface area (Å²) in [6.07, 6.45) is 1.77. The number of aryl methyl sites for hydroxylation is 1. The van der Waals surface area contributed by atoms with E-state index >= 15 is 0 Å². The van der Waals surface area contributed by atoms with Crippen LogP contribution in [0, 0.1) is 12.7 Å². The number of halogens is 1. The van der Waals surface area contributed by atoms with E-state index in [1.165, 1.54) is 23.9 Å². The normalized spacial score (nSPS) is 15.6. The van der Waals surface area contributed by atoms with Crippen molar-refractivity contribution in [1.29, 1.82) is 0 Å². The lowest BCUT2D eigenvalue weighted by Crippen LogP contribution is -2.12. The third kappa shape index (κ3) is 6.19. The number of carbonyl (C=O) groups excluding carboxylic acids is 1. The molecule has 0 radical (unpaired) electrons. The zero-order chi connectivity index (χ0) is 24.8. The third-order valence-electron chi connectivity index (χ3n) is 5.11. The van der Waals surface area contributed by atoms with Crippen LogP contribution in [-0.2, 0) is 16.1 Å². The maximum absolute atomic E-state index is 13.3. The number of esters is 1. The molecule has 5 nitrogen and oxygen atoms in total. The Labute approximate surface area is 207 Å². The Balaban J connectivity index is 1.55. The Morgan fingerprint density at radius 3 is 2.51 bits per heavy atom. The zero-order valence-electron chi connectivity index (χ0n) is 19.3. The minimum absolute atomic E-state index is 0.0544. The van der Waals surface area contributed by atoms with Gasteiger partial charge in [0.1, 0.15) is 34.5 Å². The second-order valence-corrected chi connectivity index (χ2v) is 8.83. The molecule has 1 aliphatic heterocycles. The maximum atomic E-state index is 13.3. The molecule has 0 atom stereocenters. The second kappa shape index (κ2) is 11.1. The lowest BCUT2D eigenvalue weighted by molar-refractivity contribution is -0.138. The third-order valence-corrected chi connectivity index (χ3v) is 6.13. The van der Waals surface area contributed by atoms with Crippen molar-refractivity contribution in [3.8, 4) is 5.75 Å². The summed E-state index contributed by atoms with van der Waals surface area (Å²) in [4.78, 5) is 17.6. The number of hydrogen-bond donors (Lipinski definition) is 1. The predicted molar refractivity (Wildman–Crippen MR) is 137 cm³/mol. The number of aliphatic hydroxyl groups is 1. The van der Waals surface area contributed by atoms with Crippen molar-refractivity contribution in [2.24, 2.45) is 4.99 Å². The highest BCUT2D eigenvalue weighted by Gasteiger charge is 2.33. The van der Waals surface area contributed by atoms with E-state index in [4.69, 9.17) is 9.47 Å². The van der Waals surface area contributed by atoms with Crippen molar-refractivity contribution in [2.45, 2.75) is 20.5 Å². The van der Waals surface area contributed by atoms with Crippen LogP contribution in [0.2, 0.25) is 0 Å². The fourth-order valence-corrected chi connectivity index (χ4v) is 4.37. The van der Waals surface area contributed by atoms with E-state index in [1.807, 2.05) is 43.3 Å². The summed E-state index contributed by atoms with van der Waals surface area (Å²) in [5.74, 6) is -0.454. The average Bonchev–Trinajstić information content (AvgIpc) is 3.14. The van der Waals surface area contributed by atoms with Gasteiger partial charge < -0.3 is 14.6 Å². The number of aliphatic hydroxyl groups excluding tert-OH is 1. The van der Waals surface area contributed by atoms with E-state index in [0.717, 1.165) is 16.7 Å². The summed E-state index contributed by atoms with van der Waals surface area (Å²) in [6, 6.07) is 21.1. The summed E-state index contributed by atoms with van der Waals surface area (Å²) in [6.45, 7) is 4.13. The predicted octanol–water partition coefficient (Wildman–Crippen LogP) is 6.91. The minimum Gasteiger partial charge on any atom is -0.506 e. The van der Waals surface area contributed by atoms with Gasteiger partial charge in [-0.15, -0.1) is 0 Å². The van der Waals surface area contributed by atoms with Gasteiger partial charge in [-0.3, -0.25) is 0 Å². The molecule has 4 rings (SSSR count). The Morgan fingerprint density at radius 1 is 1.09 bits per heavy atom. The standard InChI is InChI=1S/C28H24FNO4S/c1-3-33-28(32)25-26(31)24(35-27(25)30-22-11-7-18(2)8-12-22)16-19-9-13-23(14-10-19)34-17-20-5-4-6-21(29)15-20/h4-16,31H,3,17H2,1-2H3/b24-16-,30-27?. The summed E-state index contributed by atoms with van der Waals surface area (Å²) < 4.78 is 24.2. The molecule has 7 heteroatoms. The number of ether oxygens (including phenoxy) is 2. The fraction of sp³-hybridized carbons (Fsp3) is 0.143. The summed E-state index contributed by atoms with van der Waals surface area (Å²) in [5, 5.41) is 11.2. The Morgan fingerprint density at radius 2 is 1.83 bits per heavy atom. The van der Waals surface area contributed by atoms with Crippen molar-refractivity contribution < 1.29 is 23.8 Å². The second-order valence-electron chi connectivity index (χ2n) is 7.79. The number of nitrogens with zero attached hydrogens (tertiary/aromatic N) is 1. The fourth-order valence-electron chi connectivity index (χ4n) is 3.33. The van der Waals surface area contributed by atoms with Crippen LogP contribution in [0.1, 0.15) is 23.6 Å². The molecule has 0 saturated carbocycles. The number of carbonyl (C=O) groups is 1. The van der Waals surface area contributed by atoms with Gasteiger partial charge in [-0.25, -0.2) is 14.2 Å². The topological polar surface area (TPSA) is 68.1 Å². The van der Waals surface area contributed by atoms with Gasteiger partial charge in [0.05, 0.1) is 17.2 Å². The first-order chi connectivity index (χ1) is 16.9. The molecule has 0 aliphatic carbocycles. The van der Waals surface area contributed by atoms with Gasteiger partial charge in [0, 0.05) is 0 Å². The molecule has 1 N–H and O–H groups in total. The van der Waals surface area contributed by atoms with E-state index in [9.17, 15) is 14.3 Å².